The van der Waals surface area contributed by atoms with E-state index in [4.69, 9.17) is 19.7 Å². The van der Waals surface area contributed by atoms with E-state index in [1.165, 1.54) is 0 Å². The third-order valence-electron chi connectivity index (χ3n) is 2.41. The number of carbonyl (C=O) groups is 2. The fourth-order valence-corrected chi connectivity index (χ4v) is 1.16. The van der Waals surface area contributed by atoms with Crippen LogP contribution in [-0.2, 0) is 19.1 Å². The molecule has 0 aromatic heterocycles. The summed E-state index contributed by atoms with van der Waals surface area (Å²) in [5.74, 6) is -2.04. The third kappa shape index (κ3) is 8.03. The second kappa shape index (κ2) is 9.85. The Morgan fingerprint density at radius 1 is 0.889 bits per heavy atom. The average Bonchev–Trinajstić information content (AvgIpc) is 2.33. The van der Waals surface area contributed by atoms with Crippen LogP contribution < -0.4 is 0 Å². The number of ether oxygens (including phenoxy) is 2. The molecule has 0 aromatic rings. The fraction of sp³-hybridized carbons (Fsp3) is 0.833. The lowest BCUT2D eigenvalue weighted by Crippen LogP contribution is -2.24. The third-order valence-corrected chi connectivity index (χ3v) is 2.41. The van der Waals surface area contributed by atoms with Crippen molar-refractivity contribution < 1.29 is 29.3 Å². The lowest BCUT2D eigenvalue weighted by molar-refractivity contribution is -0.169. The van der Waals surface area contributed by atoms with Gasteiger partial charge in [0.15, 0.2) is 0 Å². The predicted molar refractivity (Wildman–Crippen MR) is 63.7 cm³/mol. The molecule has 0 aromatic carbocycles. The summed E-state index contributed by atoms with van der Waals surface area (Å²) >= 11 is 0. The van der Waals surface area contributed by atoms with Gasteiger partial charge in [-0.2, -0.15) is 0 Å². The Labute approximate surface area is 107 Å². The van der Waals surface area contributed by atoms with E-state index in [0.717, 1.165) is 0 Å². The van der Waals surface area contributed by atoms with Gasteiger partial charge in [-0.15, -0.1) is 0 Å². The largest absolute Gasteiger partial charge is 0.457 e. The van der Waals surface area contributed by atoms with Crippen molar-refractivity contribution in [2.45, 2.75) is 26.7 Å². The van der Waals surface area contributed by atoms with E-state index in [1.54, 1.807) is 13.8 Å². The van der Waals surface area contributed by atoms with Gasteiger partial charge in [-0.25, -0.2) is 9.59 Å². The summed E-state index contributed by atoms with van der Waals surface area (Å²) in [6, 6.07) is 0. The molecule has 0 bridgehead atoms. The van der Waals surface area contributed by atoms with E-state index >= 15 is 0 Å². The van der Waals surface area contributed by atoms with Gasteiger partial charge in [0.1, 0.15) is 0 Å². The van der Waals surface area contributed by atoms with Crippen molar-refractivity contribution in [3.8, 4) is 0 Å². The van der Waals surface area contributed by atoms with Crippen molar-refractivity contribution in [1.29, 1.82) is 0 Å². The normalized spacial score (nSPS) is 13.8. The number of hydrogen-bond donors (Lipinski definition) is 2. The zero-order chi connectivity index (χ0) is 14.0. The van der Waals surface area contributed by atoms with Gasteiger partial charge in [-0.3, -0.25) is 0 Å². The maximum Gasteiger partial charge on any atom is 0.417 e. The highest BCUT2D eigenvalue weighted by atomic mass is 16.6. The van der Waals surface area contributed by atoms with Crippen LogP contribution in [0.4, 0.5) is 0 Å². The van der Waals surface area contributed by atoms with Crippen LogP contribution in [-0.4, -0.2) is 48.6 Å². The van der Waals surface area contributed by atoms with Crippen molar-refractivity contribution in [3.05, 3.63) is 0 Å². The van der Waals surface area contributed by atoms with Crippen LogP contribution in [0.25, 0.3) is 0 Å². The van der Waals surface area contributed by atoms with Gasteiger partial charge in [0.2, 0.25) is 0 Å². The molecule has 0 radical (unpaired) electrons. The fourth-order valence-electron chi connectivity index (χ4n) is 1.16. The van der Waals surface area contributed by atoms with Crippen molar-refractivity contribution in [3.63, 3.8) is 0 Å². The van der Waals surface area contributed by atoms with Gasteiger partial charge in [0.05, 0.1) is 13.2 Å². The molecule has 0 spiro atoms. The molecule has 0 aliphatic carbocycles. The van der Waals surface area contributed by atoms with E-state index < -0.39 is 11.9 Å². The lowest BCUT2D eigenvalue weighted by Gasteiger charge is -2.12. The van der Waals surface area contributed by atoms with Crippen molar-refractivity contribution >= 4 is 11.9 Å². The summed E-state index contributed by atoms with van der Waals surface area (Å²) in [7, 11) is 0. The molecule has 0 saturated heterocycles. The van der Waals surface area contributed by atoms with Gasteiger partial charge in [-0.1, -0.05) is 13.8 Å². The first-order valence-corrected chi connectivity index (χ1v) is 6.06. The zero-order valence-electron chi connectivity index (χ0n) is 10.9. The van der Waals surface area contributed by atoms with E-state index in [2.05, 4.69) is 0 Å². The molecule has 0 fully saturated rings. The van der Waals surface area contributed by atoms with Gasteiger partial charge in [-0.05, 0) is 24.7 Å². The summed E-state index contributed by atoms with van der Waals surface area (Å²) in [4.78, 5) is 22.4. The number of aliphatic hydroxyl groups excluding tert-OH is 2. The molecule has 18 heavy (non-hydrogen) atoms. The second-order valence-corrected chi connectivity index (χ2v) is 4.43. The molecule has 0 heterocycles. The number of esters is 2. The van der Waals surface area contributed by atoms with Crippen LogP contribution in [0.3, 0.4) is 0 Å². The molecule has 0 amide bonds. The Morgan fingerprint density at radius 2 is 1.22 bits per heavy atom. The highest BCUT2D eigenvalue weighted by molar-refractivity contribution is 6.29. The highest BCUT2D eigenvalue weighted by Crippen LogP contribution is 2.03. The summed E-state index contributed by atoms with van der Waals surface area (Å²) in [5.41, 5.74) is 0. The molecule has 106 valence electrons. The molecule has 2 atom stereocenters. The average molecular weight is 262 g/mol. The summed E-state index contributed by atoms with van der Waals surface area (Å²) in [6.45, 7) is 3.81. The van der Waals surface area contributed by atoms with Crippen molar-refractivity contribution in [2.75, 3.05) is 26.4 Å². The van der Waals surface area contributed by atoms with Crippen LogP contribution in [0.5, 0.6) is 0 Å². The van der Waals surface area contributed by atoms with Gasteiger partial charge >= 0.3 is 11.9 Å². The molecule has 0 rings (SSSR count). The Balaban J connectivity index is 3.79. The quantitative estimate of drug-likeness (QED) is 0.476. The summed E-state index contributed by atoms with van der Waals surface area (Å²) in [5, 5.41) is 17.3. The molecule has 0 aliphatic rings. The van der Waals surface area contributed by atoms with E-state index in [1.807, 2.05) is 0 Å². The first kappa shape index (κ1) is 16.9. The number of carbonyl (C=O) groups excluding carboxylic acids is 2. The Hall–Kier alpha value is -1.14. The Kier molecular flexibility index (Phi) is 9.22. The first-order valence-electron chi connectivity index (χ1n) is 6.06. The van der Waals surface area contributed by atoms with E-state index in [-0.39, 0.29) is 38.3 Å². The van der Waals surface area contributed by atoms with Crippen molar-refractivity contribution in [1.82, 2.24) is 0 Å². The summed E-state index contributed by atoms with van der Waals surface area (Å²) < 4.78 is 9.47. The monoisotopic (exact) mass is 262 g/mol. The molecule has 0 saturated carbocycles. The number of rotatable bonds is 8. The molecule has 2 N–H and O–H groups in total. The predicted octanol–water partition coefficient (Wildman–Crippen LogP) is 0.110. The van der Waals surface area contributed by atoms with Crippen LogP contribution in [0.1, 0.15) is 26.7 Å². The van der Waals surface area contributed by atoms with E-state index in [9.17, 15) is 9.59 Å². The summed E-state index contributed by atoms with van der Waals surface area (Å²) in [6.07, 6.45) is 1.02. The molecule has 6 heteroatoms. The SMILES string of the molecule is CC(CCO)COC(=O)C(=O)OCC(C)CCO. The topological polar surface area (TPSA) is 93.1 Å². The Morgan fingerprint density at radius 3 is 1.50 bits per heavy atom. The number of aliphatic hydroxyl groups is 2. The standard InChI is InChI=1S/C12H22O6/c1-9(3-5-13)7-17-11(15)12(16)18-8-10(2)4-6-14/h9-10,13-14H,3-8H2,1-2H3. The van der Waals surface area contributed by atoms with Crippen LogP contribution in [0.2, 0.25) is 0 Å². The Bertz CT molecular complexity index is 227. The lowest BCUT2D eigenvalue weighted by atomic mass is 10.1. The van der Waals surface area contributed by atoms with E-state index in [0.29, 0.717) is 12.8 Å². The maximum atomic E-state index is 11.2. The molecular weight excluding hydrogens is 240 g/mol. The number of hydrogen-bond acceptors (Lipinski definition) is 6. The first-order chi connectivity index (χ1) is 8.51. The molecule has 2 unspecified atom stereocenters. The van der Waals surface area contributed by atoms with Crippen LogP contribution >= 0.6 is 0 Å². The second-order valence-electron chi connectivity index (χ2n) is 4.43. The van der Waals surface area contributed by atoms with Crippen LogP contribution in [0.15, 0.2) is 0 Å². The molecule has 0 aliphatic heterocycles. The molecular formula is C12H22O6. The highest BCUT2D eigenvalue weighted by Gasteiger charge is 2.19. The minimum atomic E-state index is -1.02. The molecule has 6 nitrogen and oxygen atoms in total. The maximum absolute atomic E-state index is 11.2. The van der Waals surface area contributed by atoms with Crippen molar-refractivity contribution in [2.24, 2.45) is 11.8 Å². The smallest absolute Gasteiger partial charge is 0.417 e. The zero-order valence-corrected chi connectivity index (χ0v) is 10.9. The van der Waals surface area contributed by atoms with Crippen LogP contribution in [0, 0.1) is 11.8 Å². The minimum absolute atomic E-state index is 0.0000579. The van der Waals surface area contributed by atoms with Gasteiger partial charge in [0, 0.05) is 13.2 Å². The van der Waals surface area contributed by atoms with Gasteiger partial charge < -0.3 is 19.7 Å². The van der Waals surface area contributed by atoms with Gasteiger partial charge in [0.25, 0.3) is 0 Å². The minimum Gasteiger partial charge on any atom is -0.457 e.